The number of carbonyl (C=O) groups excluding carboxylic acids is 1. The van der Waals surface area contributed by atoms with Gasteiger partial charge in [-0.15, -0.1) is 0 Å². The van der Waals surface area contributed by atoms with Gasteiger partial charge in [-0.1, -0.05) is 0 Å². The van der Waals surface area contributed by atoms with Crippen LogP contribution in [0.2, 0.25) is 0 Å². The summed E-state index contributed by atoms with van der Waals surface area (Å²) < 4.78 is 81.0. The van der Waals surface area contributed by atoms with Gasteiger partial charge in [0.15, 0.2) is 0 Å². The van der Waals surface area contributed by atoms with Crippen LogP contribution in [0.3, 0.4) is 0 Å². The zero-order chi connectivity index (χ0) is 29.9. The van der Waals surface area contributed by atoms with Crippen molar-refractivity contribution in [1.29, 1.82) is 0 Å². The van der Waals surface area contributed by atoms with Crippen molar-refractivity contribution in [3.63, 3.8) is 0 Å². The minimum absolute atomic E-state index is 0.0281. The van der Waals surface area contributed by atoms with Crippen LogP contribution in [-0.2, 0) is 10.0 Å². The predicted octanol–water partition coefficient (Wildman–Crippen LogP) is 4.15. The molecule has 3 heterocycles. The molecule has 2 saturated heterocycles. The number of rotatable bonds is 8. The molecule has 0 bridgehead atoms. The maximum Gasteiger partial charge on any atom is 0.269 e. The molecule has 0 saturated carbocycles. The van der Waals surface area contributed by atoms with E-state index in [9.17, 15) is 35.9 Å². The van der Waals surface area contributed by atoms with Crippen molar-refractivity contribution in [3.8, 4) is 0 Å². The van der Waals surface area contributed by atoms with E-state index in [1.54, 1.807) is 16.7 Å². The molecule has 1 atom stereocenters. The highest BCUT2D eigenvalue weighted by atomic mass is 32.2. The van der Waals surface area contributed by atoms with Crippen LogP contribution in [0.25, 0.3) is 0 Å². The summed E-state index contributed by atoms with van der Waals surface area (Å²) >= 11 is 0. The maximum atomic E-state index is 13.6. The fourth-order valence-electron chi connectivity index (χ4n) is 4.59. The van der Waals surface area contributed by atoms with Gasteiger partial charge in [-0.3, -0.25) is 9.52 Å². The smallest absolute Gasteiger partial charge is 0.269 e. The number of carbonyl (C=O) groups is 1. The molecule has 1 amide bonds. The van der Waals surface area contributed by atoms with Gasteiger partial charge in [0.2, 0.25) is 16.0 Å². The molecule has 10 nitrogen and oxygen atoms in total. The summed E-state index contributed by atoms with van der Waals surface area (Å²) in [5.41, 5.74) is 1.14. The van der Waals surface area contributed by atoms with Crippen LogP contribution in [0.4, 0.5) is 40.7 Å². The van der Waals surface area contributed by atoms with Crippen molar-refractivity contribution in [2.75, 3.05) is 52.6 Å². The number of alkyl halides is 2. The normalized spacial score (nSPS) is 18.2. The van der Waals surface area contributed by atoms with E-state index in [-0.39, 0.29) is 80.5 Å². The lowest BCUT2D eigenvalue weighted by Crippen LogP contribution is -2.40. The third-order valence-electron chi connectivity index (χ3n) is 7.13. The number of aromatic nitrogens is 2. The average Bonchev–Trinajstić information content (AvgIpc) is 2.92. The fraction of sp³-hybridized carbons (Fsp3) is 0.500. The molecule has 15 heteroatoms. The summed E-state index contributed by atoms with van der Waals surface area (Å²) in [7, 11) is -3.93. The van der Waals surface area contributed by atoms with Crippen LogP contribution in [0.1, 0.15) is 48.7 Å². The molecule has 41 heavy (non-hydrogen) atoms. The number of nitrogens with one attached hydrogen (secondary N) is 2. The standard InChI is InChI=1S/C26H32F4N6O4S/c1-16-13-22(33-25(31-16)36-11-7-26(29,30)8-12-36)32-24(38)20-4-3-19(34-41(39,40)17(2)15-37)14-21(20)35-9-5-18(6-10-35)23(27)28/h3-4,13-14,17,34,37H,5-12,15H2,1-2H3,(H,31,32,33,38). The largest absolute Gasteiger partial charge is 0.395 e. The SMILES string of the molecule is Cc1cc(NC(=O)c2ccc(NS(=O)(=O)C(C)CO)cc2N2CCC(=C(F)F)CC2)nc(N2CCC(F)(F)CC2)n1. The summed E-state index contributed by atoms with van der Waals surface area (Å²) in [6.45, 7) is 2.89. The molecule has 2 aliphatic rings. The number of halogens is 4. The van der Waals surface area contributed by atoms with Crippen molar-refractivity contribution in [1.82, 2.24) is 9.97 Å². The second kappa shape index (κ2) is 12.2. The summed E-state index contributed by atoms with van der Waals surface area (Å²) in [5, 5.41) is 10.9. The van der Waals surface area contributed by atoms with Gasteiger partial charge >= 0.3 is 0 Å². The molecular weight excluding hydrogens is 568 g/mol. The summed E-state index contributed by atoms with van der Waals surface area (Å²) in [6, 6.07) is 5.78. The van der Waals surface area contributed by atoms with Crippen molar-refractivity contribution in [3.05, 3.63) is 47.2 Å². The van der Waals surface area contributed by atoms with E-state index in [4.69, 9.17) is 0 Å². The van der Waals surface area contributed by atoms with Crippen molar-refractivity contribution >= 4 is 39.1 Å². The molecule has 2 fully saturated rings. The van der Waals surface area contributed by atoms with Gasteiger partial charge in [-0.2, -0.15) is 13.8 Å². The molecule has 4 rings (SSSR count). The van der Waals surface area contributed by atoms with Gasteiger partial charge in [0.1, 0.15) is 11.1 Å². The van der Waals surface area contributed by atoms with Gasteiger partial charge < -0.3 is 20.2 Å². The van der Waals surface area contributed by atoms with Crippen molar-refractivity contribution in [2.24, 2.45) is 0 Å². The number of benzene rings is 1. The molecule has 1 unspecified atom stereocenters. The van der Waals surface area contributed by atoms with Crippen molar-refractivity contribution in [2.45, 2.75) is 50.7 Å². The van der Waals surface area contributed by atoms with E-state index < -0.39 is 39.8 Å². The number of aliphatic hydroxyl groups is 1. The van der Waals surface area contributed by atoms with Crippen LogP contribution in [0.15, 0.2) is 35.9 Å². The lowest BCUT2D eigenvalue weighted by atomic mass is 10.0. The third kappa shape index (κ3) is 7.44. The van der Waals surface area contributed by atoms with Gasteiger partial charge in [0.25, 0.3) is 17.9 Å². The number of nitrogens with zero attached hydrogens (tertiary/aromatic N) is 4. The van der Waals surface area contributed by atoms with E-state index in [1.807, 2.05) is 0 Å². The van der Waals surface area contributed by atoms with Crippen LogP contribution in [0.5, 0.6) is 0 Å². The van der Waals surface area contributed by atoms with Crippen LogP contribution in [-0.4, -0.2) is 73.4 Å². The highest BCUT2D eigenvalue weighted by Gasteiger charge is 2.35. The first-order chi connectivity index (χ1) is 19.3. The number of amides is 1. The lowest BCUT2D eigenvalue weighted by molar-refractivity contribution is -0.0222. The summed E-state index contributed by atoms with van der Waals surface area (Å²) in [4.78, 5) is 25.5. The second-order valence-electron chi connectivity index (χ2n) is 10.2. The molecule has 0 spiro atoms. The first kappa shape index (κ1) is 30.5. The van der Waals surface area contributed by atoms with Crippen LogP contribution in [0, 0.1) is 6.92 Å². The van der Waals surface area contributed by atoms with E-state index in [0.29, 0.717) is 11.4 Å². The Morgan fingerprint density at radius 2 is 1.73 bits per heavy atom. The first-order valence-corrected chi connectivity index (χ1v) is 14.7. The number of piperidine rings is 2. The quantitative estimate of drug-likeness (QED) is 0.386. The molecule has 1 aromatic heterocycles. The molecular formula is C26H32F4N6O4S. The molecule has 2 aliphatic heterocycles. The molecule has 2 aromatic rings. The minimum atomic E-state index is -3.93. The number of aliphatic hydroxyl groups excluding tert-OH is 1. The Hall–Kier alpha value is -3.46. The Balaban J connectivity index is 1.62. The zero-order valence-corrected chi connectivity index (χ0v) is 23.4. The number of sulfonamides is 1. The highest BCUT2D eigenvalue weighted by Crippen LogP contribution is 2.32. The number of hydrogen-bond acceptors (Lipinski definition) is 8. The van der Waals surface area contributed by atoms with Crippen molar-refractivity contribution < 1.29 is 35.9 Å². The summed E-state index contributed by atoms with van der Waals surface area (Å²) in [6.07, 6.45) is -2.24. The second-order valence-corrected chi connectivity index (χ2v) is 12.3. The third-order valence-corrected chi connectivity index (χ3v) is 8.85. The molecule has 0 aliphatic carbocycles. The topological polar surface area (TPSA) is 128 Å². The lowest BCUT2D eigenvalue weighted by Gasteiger charge is -2.32. The van der Waals surface area contributed by atoms with E-state index in [1.165, 1.54) is 31.2 Å². The molecule has 1 aromatic carbocycles. The predicted molar refractivity (Wildman–Crippen MR) is 147 cm³/mol. The first-order valence-electron chi connectivity index (χ1n) is 13.1. The Kier molecular flexibility index (Phi) is 9.07. The Morgan fingerprint density at radius 3 is 2.34 bits per heavy atom. The molecule has 224 valence electrons. The Morgan fingerprint density at radius 1 is 1.07 bits per heavy atom. The highest BCUT2D eigenvalue weighted by molar-refractivity contribution is 7.93. The Bertz CT molecular complexity index is 1420. The number of anilines is 4. The minimum Gasteiger partial charge on any atom is -0.395 e. The Labute approximate surface area is 235 Å². The molecule has 3 N–H and O–H groups in total. The summed E-state index contributed by atoms with van der Waals surface area (Å²) in [5.74, 6) is -2.98. The number of aryl methyl sites for hydroxylation is 1. The van der Waals surface area contributed by atoms with Crippen LogP contribution < -0.4 is 19.8 Å². The van der Waals surface area contributed by atoms with E-state index in [2.05, 4.69) is 20.0 Å². The van der Waals surface area contributed by atoms with E-state index >= 15 is 0 Å². The van der Waals surface area contributed by atoms with Gasteiger partial charge in [0.05, 0.1) is 23.5 Å². The average molecular weight is 601 g/mol. The van der Waals surface area contributed by atoms with Gasteiger partial charge in [-0.05, 0) is 50.5 Å². The van der Waals surface area contributed by atoms with Gasteiger partial charge in [-0.25, -0.2) is 22.2 Å². The van der Waals surface area contributed by atoms with Crippen LogP contribution >= 0.6 is 0 Å². The maximum absolute atomic E-state index is 13.6. The number of hydrogen-bond donors (Lipinski definition) is 3. The monoisotopic (exact) mass is 600 g/mol. The van der Waals surface area contributed by atoms with E-state index in [0.717, 1.165) is 0 Å². The van der Waals surface area contributed by atoms with Gasteiger partial charge in [0, 0.05) is 50.8 Å². The fourth-order valence-corrected chi connectivity index (χ4v) is 5.45. The zero-order valence-electron chi connectivity index (χ0n) is 22.6. The molecule has 0 radical (unpaired) electrons.